The van der Waals surface area contributed by atoms with Gasteiger partial charge in [-0.2, -0.15) is 0 Å². The van der Waals surface area contributed by atoms with Crippen LogP contribution < -0.4 is 5.32 Å². The lowest BCUT2D eigenvalue weighted by Crippen LogP contribution is -2.44. The Morgan fingerprint density at radius 2 is 0.946 bits per heavy atom. The molecule has 0 aliphatic heterocycles. The maximum atomic E-state index is 13.0. The van der Waals surface area contributed by atoms with Gasteiger partial charge in [-0.1, -0.05) is 206 Å². The summed E-state index contributed by atoms with van der Waals surface area (Å²) >= 11 is 0. The lowest BCUT2D eigenvalue weighted by atomic mass is 10.0. The molecule has 0 bridgehead atoms. The lowest BCUT2D eigenvalue weighted by molar-refractivity contribution is -0.870. The zero-order chi connectivity index (χ0) is 41.4. The number of ether oxygens (including phenoxy) is 1. The maximum absolute atomic E-state index is 13.0. The number of phosphoric ester groups is 1. The van der Waals surface area contributed by atoms with Crippen LogP contribution in [0.5, 0.6) is 0 Å². The number of likely N-dealkylation sites (N-methyl/N-ethyl adjacent to an activating group) is 1. The Morgan fingerprint density at radius 1 is 0.589 bits per heavy atom. The third-order valence-corrected chi connectivity index (χ3v) is 12.0. The average Bonchev–Trinajstić information content (AvgIpc) is 3.15. The summed E-state index contributed by atoms with van der Waals surface area (Å²) in [5.74, 6) is 0. The van der Waals surface area contributed by atoms with E-state index in [1.165, 1.54) is 173 Å². The van der Waals surface area contributed by atoms with Crippen molar-refractivity contribution in [3.8, 4) is 0 Å². The zero-order valence-corrected chi connectivity index (χ0v) is 39.2. The van der Waals surface area contributed by atoms with E-state index >= 15 is 0 Å². The normalized spacial score (nSPS) is 13.6. The quantitative estimate of drug-likeness (QED) is 0.0361. The molecule has 0 saturated carbocycles. The number of nitrogens with zero attached hydrogens (tertiary/aromatic N) is 2. The van der Waals surface area contributed by atoms with Crippen molar-refractivity contribution in [3.63, 3.8) is 0 Å². The minimum absolute atomic E-state index is 0.0996. The molecule has 2 N–H and O–H groups in total. The Hall–Kier alpha value is -0.700. The van der Waals surface area contributed by atoms with Gasteiger partial charge in [0.25, 0.3) is 0 Å². The van der Waals surface area contributed by atoms with Gasteiger partial charge in [0.15, 0.2) is 0 Å². The molecule has 0 aromatic heterocycles. The van der Waals surface area contributed by atoms with Crippen LogP contribution in [0.25, 0.3) is 0 Å². The number of hydrogen-bond acceptors (Lipinski definition) is 5. The summed E-state index contributed by atoms with van der Waals surface area (Å²) in [6, 6.07) is -0.212. The van der Waals surface area contributed by atoms with Crippen LogP contribution in [-0.4, -0.2) is 94.1 Å². The highest BCUT2D eigenvalue weighted by atomic mass is 31.2. The smallest absolute Gasteiger partial charge is 0.379 e. The molecule has 2 atom stereocenters. The van der Waals surface area contributed by atoms with Crippen molar-refractivity contribution in [2.24, 2.45) is 0 Å². The Balaban J connectivity index is 4.47. The van der Waals surface area contributed by atoms with E-state index < -0.39 is 13.9 Å². The molecule has 0 aromatic carbocycles. The van der Waals surface area contributed by atoms with Gasteiger partial charge in [-0.3, -0.25) is 9.05 Å². The monoisotopic (exact) mass is 819 g/mol. The molecule has 0 radical (unpaired) electrons. The van der Waals surface area contributed by atoms with Gasteiger partial charge in [-0.05, 0) is 12.8 Å². The fourth-order valence-corrected chi connectivity index (χ4v) is 8.14. The molecule has 9 nitrogen and oxygen atoms in total. The van der Waals surface area contributed by atoms with Crippen LogP contribution in [0.15, 0.2) is 0 Å². The summed E-state index contributed by atoms with van der Waals surface area (Å²) in [7, 11) is 3.29. The van der Waals surface area contributed by atoms with Gasteiger partial charge in [-0.15, -0.1) is 0 Å². The first-order valence-electron chi connectivity index (χ1n) is 24.0. The highest BCUT2D eigenvalue weighted by Gasteiger charge is 2.30. The van der Waals surface area contributed by atoms with Crippen LogP contribution in [-0.2, 0) is 18.3 Å². The van der Waals surface area contributed by atoms with Crippen molar-refractivity contribution in [2.45, 2.75) is 225 Å². The fraction of sp³-hybridized carbons (Fsp3) is 0.978. The molecule has 0 heterocycles. The molecule has 2 unspecified atom stereocenters. The van der Waals surface area contributed by atoms with E-state index in [2.05, 4.69) is 19.2 Å². The van der Waals surface area contributed by atoms with E-state index in [0.717, 1.165) is 32.1 Å². The van der Waals surface area contributed by atoms with Crippen LogP contribution in [0, 0.1) is 0 Å². The number of carbonyl (C=O) groups excluding carboxylic acids is 1. The molecule has 0 rings (SSSR count). The standard InChI is InChI=1S/C46H96N3O6P/c1-7-9-11-13-15-17-19-21-23-25-27-29-31-33-35-37-39-48(46(50)47-3)43-45(55-56(51,52)54-42-40-49(4,5)6)44-53-41-38-36-34-32-30-28-26-24-22-20-18-16-14-12-10-8-2/h45H,7-44H2,1-6H3,(H-,47,50,51,52)/p+1. The first-order chi connectivity index (χ1) is 27.0. The third-order valence-electron chi connectivity index (χ3n) is 11.0. The number of quaternary nitrogens is 1. The molecule has 0 saturated heterocycles. The van der Waals surface area contributed by atoms with Crippen molar-refractivity contribution < 1.29 is 32.5 Å². The molecular formula is C46H97N3O6P+. The van der Waals surface area contributed by atoms with Crippen molar-refractivity contribution >= 4 is 13.9 Å². The van der Waals surface area contributed by atoms with Crippen LogP contribution in [0.2, 0.25) is 0 Å². The number of rotatable bonds is 44. The second kappa shape index (κ2) is 39.7. The van der Waals surface area contributed by atoms with Crippen molar-refractivity contribution in [3.05, 3.63) is 0 Å². The fourth-order valence-electron chi connectivity index (χ4n) is 7.26. The van der Waals surface area contributed by atoms with Gasteiger partial charge < -0.3 is 24.3 Å². The summed E-state index contributed by atoms with van der Waals surface area (Å²) in [6.45, 7) is 6.65. The maximum Gasteiger partial charge on any atom is 0.472 e. The SMILES string of the molecule is CCCCCCCCCCCCCCCCCCOCC(CN(CCCCCCCCCCCCCCCCCC)C(=O)NC)OP(=O)(O)OCC[N+](C)(C)C. The highest BCUT2D eigenvalue weighted by Crippen LogP contribution is 2.44. The van der Waals surface area contributed by atoms with Gasteiger partial charge in [0.2, 0.25) is 0 Å². The number of amides is 2. The molecule has 336 valence electrons. The van der Waals surface area contributed by atoms with E-state index in [9.17, 15) is 14.3 Å². The molecule has 0 spiro atoms. The van der Waals surface area contributed by atoms with Gasteiger partial charge in [0.05, 0.1) is 34.3 Å². The van der Waals surface area contributed by atoms with Crippen LogP contribution >= 0.6 is 7.82 Å². The Labute approximate surface area is 348 Å². The lowest BCUT2D eigenvalue weighted by Gasteiger charge is -2.29. The molecule has 56 heavy (non-hydrogen) atoms. The number of hydrogen-bond donors (Lipinski definition) is 2. The van der Waals surface area contributed by atoms with Crippen molar-refractivity contribution in [1.82, 2.24) is 10.2 Å². The molecule has 0 aliphatic carbocycles. The predicted octanol–water partition coefficient (Wildman–Crippen LogP) is 13.4. The van der Waals surface area contributed by atoms with E-state index in [0.29, 0.717) is 24.2 Å². The summed E-state index contributed by atoms with van der Waals surface area (Å²) in [5, 5.41) is 2.74. The van der Waals surface area contributed by atoms with Gasteiger partial charge in [0, 0.05) is 20.2 Å². The topological polar surface area (TPSA) is 97.3 Å². The number of phosphoric acid groups is 1. The summed E-state index contributed by atoms with van der Waals surface area (Å²) in [4.78, 5) is 25.2. The van der Waals surface area contributed by atoms with E-state index in [1.807, 2.05) is 21.1 Å². The van der Waals surface area contributed by atoms with E-state index in [4.69, 9.17) is 13.8 Å². The predicted molar refractivity (Wildman–Crippen MR) is 239 cm³/mol. The molecular weight excluding hydrogens is 721 g/mol. The number of carbonyl (C=O) groups is 1. The molecule has 0 fully saturated rings. The number of nitrogens with one attached hydrogen (secondary N) is 1. The largest absolute Gasteiger partial charge is 0.472 e. The van der Waals surface area contributed by atoms with Crippen LogP contribution in [0.3, 0.4) is 0 Å². The zero-order valence-electron chi connectivity index (χ0n) is 38.3. The van der Waals surface area contributed by atoms with Gasteiger partial charge >= 0.3 is 13.9 Å². The second-order valence-electron chi connectivity index (χ2n) is 17.7. The minimum atomic E-state index is -4.34. The molecule has 0 aromatic rings. The van der Waals surface area contributed by atoms with Crippen LogP contribution in [0.1, 0.15) is 219 Å². The third kappa shape index (κ3) is 40.1. The summed E-state index contributed by atoms with van der Waals surface area (Å²) < 4.78 is 30.6. The second-order valence-corrected chi connectivity index (χ2v) is 19.1. The van der Waals surface area contributed by atoms with E-state index in [1.54, 1.807) is 11.9 Å². The van der Waals surface area contributed by atoms with Gasteiger partial charge in [0.1, 0.15) is 19.3 Å². The summed E-state index contributed by atoms with van der Waals surface area (Å²) in [6.07, 6.45) is 41.1. The minimum Gasteiger partial charge on any atom is -0.379 e. The summed E-state index contributed by atoms with van der Waals surface area (Å²) in [5.41, 5.74) is 0. The number of urea groups is 1. The first-order valence-corrected chi connectivity index (χ1v) is 25.5. The van der Waals surface area contributed by atoms with Gasteiger partial charge in [-0.25, -0.2) is 9.36 Å². The Morgan fingerprint density at radius 3 is 1.30 bits per heavy atom. The average molecular weight is 819 g/mol. The highest BCUT2D eigenvalue weighted by molar-refractivity contribution is 7.47. The van der Waals surface area contributed by atoms with Crippen LogP contribution in [0.4, 0.5) is 4.79 Å². The Kier molecular flexibility index (Phi) is 39.2. The molecule has 10 heteroatoms. The molecule has 2 amide bonds. The molecule has 0 aliphatic rings. The number of unbranched alkanes of at least 4 members (excludes halogenated alkanes) is 30. The van der Waals surface area contributed by atoms with Crippen molar-refractivity contribution in [1.29, 1.82) is 0 Å². The van der Waals surface area contributed by atoms with E-state index in [-0.39, 0.29) is 25.8 Å². The van der Waals surface area contributed by atoms with Crippen molar-refractivity contribution in [2.75, 3.05) is 67.6 Å². The first kappa shape index (κ1) is 55.3. The Bertz CT molecular complexity index is 889.